The lowest BCUT2D eigenvalue weighted by Gasteiger charge is -2.21. The van der Waals surface area contributed by atoms with E-state index in [1.165, 1.54) is 0 Å². The lowest BCUT2D eigenvalue weighted by atomic mass is 10.3. The summed E-state index contributed by atoms with van der Waals surface area (Å²) in [6.45, 7) is 5.84. The number of nitrogens with one attached hydrogen (secondary N) is 1. The van der Waals surface area contributed by atoms with Gasteiger partial charge in [0.15, 0.2) is 0 Å². The van der Waals surface area contributed by atoms with Gasteiger partial charge in [-0.15, -0.1) is 0 Å². The van der Waals surface area contributed by atoms with Crippen LogP contribution in [0.2, 0.25) is 5.02 Å². The molecule has 0 aliphatic carbocycles. The molecule has 34 heavy (non-hydrogen) atoms. The number of aryl methyl sites for hydroxylation is 2. The van der Waals surface area contributed by atoms with E-state index in [0.29, 0.717) is 35.4 Å². The second-order valence-electron chi connectivity index (χ2n) is 8.45. The molecule has 4 rings (SSSR count). The minimum Gasteiger partial charge on any atom is -0.489 e. The molecule has 3 heterocycles. The Labute approximate surface area is 204 Å². The average Bonchev–Trinajstić information content (AvgIpc) is 3.39. The van der Waals surface area contributed by atoms with Gasteiger partial charge in [-0.1, -0.05) is 23.7 Å². The van der Waals surface area contributed by atoms with Crippen LogP contribution in [0.5, 0.6) is 11.6 Å². The number of para-hydroxylation sites is 2. The summed E-state index contributed by atoms with van der Waals surface area (Å²) < 4.78 is 13.4. The molecule has 2 aromatic heterocycles. The highest BCUT2D eigenvalue weighted by Gasteiger charge is 2.26. The second kappa shape index (κ2) is 10.9. The maximum absolute atomic E-state index is 12.7. The largest absolute Gasteiger partial charge is 0.489 e. The van der Waals surface area contributed by atoms with Gasteiger partial charge in [0.1, 0.15) is 24.6 Å². The van der Waals surface area contributed by atoms with Gasteiger partial charge < -0.3 is 19.9 Å². The number of carbonyl (C=O) groups is 1. The number of pyridine rings is 1. The Morgan fingerprint density at radius 2 is 1.97 bits per heavy atom. The van der Waals surface area contributed by atoms with E-state index < -0.39 is 6.10 Å². The number of aliphatic hydroxyl groups is 1. The van der Waals surface area contributed by atoms with Crippen molar-refractivity contribution in [3.05, 3.63) is 71.1 Å². The Kier molecular flexibility index (Phi) is 7.72. The summed E-state index contributed by atoms with van der Waals surface area (Å²) in [6, 6.07) is 14.3. The molecule has 0 spiro atoms. The van der Waals surface area contributed by atoms with Crippen LogP contribution < -0.4 is 14.8 Å². The molecule has 2 unspecified atom stereocenters. The Morgan fingerprint density at radius 1 is 1.21 bits per heavy atom. The number of ether oxygens (including phenoxy) is 2. The van der Waals surface area contributed by atoms with E-state index in [1.54, 1.807) is 35.0 Å². The summed E-state index contributed by atoms with van der Waals surface area (Å²) in [5.74, 6) is 1.05. The molecule has 0 radical (unpaired) electrons. The minimum atomic E-state index is -0.690. The Bertz CT molecular complexity index is 1100. The molecule has 1 aliphatic heterocycles. The van der Waals surface area contributed by atoms with Crippen molar-refractivity contribution in [3.8, 4) is 11.6 Å². The van der Waals surface area contributed by atoms with Crippen LogP contribution in [0.4, 0.5) is 10.5 Å². The smallest absolute Gasteiger partial charge is 0.330 e. The fourth-order valence-electron chi connectivity index (χ4n) is 4.05. The van der Waals surface area contributed by atoms with Gasteiger partial charge in [0.25, 0.3) is 0 Å². The summed E-state index contributed by atoms with van der Waals surface area (Å²) in [7, 11) is 0. The molecule has 8 nitrogen and oxygen atoms in total. The number of rotatable bonds is 8. The third-order valence-electron chi connectivity index (χ3n) is 5.72. The number of carbonyl (C=O) groups excluding carboxylic acids is 1. The first-order chi connectivity index (χ1) is 16.4. The Balaban J connectivity index is 1.27. The number of hydrogen-bond acceptors (Lipinski definition) is 6. The zero-order valence-corrected chi connectivity index (χ0v) is 20.0. The molecular formula is C25H29ClN4O4. The maximum Gasteiger partial charge on any atom is 0.330 e. The first kappa shape index (κ1) is 24.1. The van der Waals surface area contributed by atoms with Crippen LogP contribution in [-0.2, 0) is 0 Å². The van der Waals surface area contributed by atoms with Crippen LogP contribution in [0.1, 0.15) is 17.8 Å². The number of anilines is 1. The van der Waals surface area contributed by atoms with E-state index in [1.807, 2.05) is 38.1 Å². The molecule has 0 saturated carbocycles. The number of hydrogen-bond donors (Lipinski definition) is 2. The number of benzene rings is 1. The van der Waals surface area contributed by atoms with Crippen molar-refractivity contribution in [3.63, 3.8) is 0 Å². The molecule has 1 aromatic carbocycles. The number of aromatic nitrogens is 2. The fraction of sp³-hybridized carbons (Fsp3) is 0.360. The van der Waals surface area contributed by atoms with E-state index in [4.69, 9.17) is 21.1 Å². The normalized spacial score (nSPS) is 16.9. The van der Waals surface area contributed by atoms with E-state index in [2.05, 4.69) is 15.2 Å². The summed E-state index contributed by atoms with van der Waals surface area (Å²) in [5.41, 5.74) is 2.25. The third-order valence-corrected chi connectivity index (χ3v) is 5.94. The molecule has 1 amide bonds. The number of likely N-dealkylation sites (tertiary alicyclic amines) is 1. The predicted molar refractivity (Wildman–Crippen MR) is 131 cm³/mol. The van der Waals surface area contributed by atoms with Crippen LogP contribution in [0, 0.1) is 13.8 Å². The van der Waals surface area contributed by atoms with Gasteiger partial charge in [-0.3, -0.25) is 9.47 Å². The second-order valence-corrected chi connectivity index (χ2v) is 8.88. The van der Waals surface area contributed by atoms with Crippen molar-refractivity contribution in [2.45, 2.75) is 32.5 Å². The standard InChI is InChI=1S/C25H29ClN4O4/c1-17-7-8-18(2)30(17)25(32)28-22-5-3-4-6-23(22)33-16-20(31)14-29-12-11-21(15-29)34-24-10-9-19(26)13-27-24/h3-10,13,20-21,31H,11-12,14-16H2,1-2H3,(H,28,32). The lowest BCUT2D eigenvalue weighted by Crippen LogP contribution is -2.35. The monoisotopic (exact) mass is 484 g/mol. The number of halogens is 1. The van der Waals surface area contributed by atoms with Gasteiger partial charge in [-0.25, -0.2) is 9.78 Å². The average molecular weight is 485 g/mol. The van der Waals surface area contributed by atoms with E-state index in [9.17, 15) is 9.90 Å². The topological polar surface area (TPSA) is 88.9 Å². The zero-order chi connectivity index (χ0) is 24.1. The summed E-state index contributed by atoms with van der Waals surface area (Å²) in [6.07, 6.45) is 1.74. The molecule has 2 N–H and O–H groups in total. The van der Waals surface area contributed by atoms with Crippen LogP contribution >= 0.6 is 11.6 Å². The van der Waals surface area contributed by atoms with E-state index in [-0.39, 0.29) is 18.7 Å². The number of amides is 1. The van der Waals surface area contributed by atoms with Crippen LogP contribution in [0.3, 0.4) is 0 Å². The molecule has 180 valence electrons. The highest BCUT2D eigenvalue weighted by atomic mass is 35.5. The van der Waals surface area contributed by atoms with Crippen LogP contribution in [0.25, 0.3) is 0 Å². The number of β-amino-alcohol motifs (C(OH)–C–C–N with tert-alkyl or cyclic N) is 1. The molecule has 2 atom stereocenters. The van der Waals surface area contributed by atoms with Crippen LogP contribution in [0.15, 0.2) is 54.7 Å². The highest BCUT2D eigenvalue weighted by molar-refractivity contribution is 6.30. The molecule has 1 fully saturated rings. The number of aliphatic hydroxyl groups excluding tert-OH is 1. The predicted octanol–water partition coefficient (Wildman–Crippen LogP) is 4.13. The van der Waals surface area contributed by atoms with E-state index in [0.717, 1.165) is 24.4 Å². The first-order valence-corrected chi connectivity index (χ1v) is 11.6. The molecule has 0 bridgehead atoms. The van der Waals surface area contributed by atoms with Crippen molar-refractivity contribution in [1.82, 2.24) is 14.5 Å². The zero-order valence-electron chi connectivity index (χ0n) is 19.3. The highest BCUT2D eigenvalue weighted by Crippen LogP contribution is 2.25. The third kappa shape index (κ3) is 6.08. The van der Waals surface area contributed by atoms with E-state index >= 15 is 0 Å². The summed E-state index contributed by atoms with van der Waals surface area (Å²) in [4.78, 5) is 19.0. The van der Waals surface area contributed by atoms with Crippen molar-refractivity contribution < 1.29 is 19.4 Å². The van der Waals surface area contributed by atoms with Crippen molar-refractivity contribution in [1.29, 1.82) is 0 Å². The quantitative estimate of drug-likeness (QED) is 0.500. The van der Waals surface area contributed by atoms with Gasteiger partial charge in [-0.2, -0.15) is 0 Å². The van der Waals surface area contributed by atoms with Gasteiger partial charge >= 0.3 is 6.03 Å². The van der Waals surface area contributed by atoms with Gasteiger partial charge in [0, 0.05) is 43.3 Å². The maximum atomic E-state index is 12.7. The SMILES string of the molecule is Cc1ccc(C)n1C(=O)Nc1ccccc1OCC(O)CN1CCC(Oc2ccc(Cl)cn2)C1. The van der Waals surface area contributed by atoms with Gasteiger partial charge in [0.2, 0.25) is 5.88 Å². The molecule has 1 aliphatic rings. The Morgan fingerprint density at radius 3 is 2.71 bits per heavy atom. The molecule has 9 heteroatoms. The fourth-order valence-corrected chi connectivity index (χ4v) is 4.17. The minimum absolute atomic E-state index is 0.0123. The summed E-state index contributed by atoms with van der Waals surface area (Å²) in [5, 5.41) is 14.0. The van der Waals surface area contributed by atoms with Gasteiger partial charge in [0.05, 0.1) is 10.7 Å². The summed E-state index contributed by atoms with van der Waals surface area (Å²) >= 11 is 5.87. The first-order valence-electron chi connectivity index (χ1n) is 11.3. The van der Waals surface area contributed by atoms with Crippen molar-refractivity contribution >= 4 is 23.3 Å². The Hall–Kier alpha value is -3.07. The van der Waals surface area contributed by atoms with Crippen molar-refractivity contribution in [2.24, 2.45) is 0 Å². The van der Waals surface area contributed by atoms with Crippen molar-refractivity contribution in [2.75, 3.05) is 31.6 Å². The molecule has 1 saturated heterocycles. The number of nitrogens with zero attached hydrogens (tertiary/aromatic N) is 3. The molecular weight excluding hydrogens is 456 g/mol. The lowest BCUT2D eigenvalue weighted by molar-refractivity contribution is 0.0720. The van der Waals surface area contributed by atoms with Crippen LogP contribution in [-0.4, -0.2) is 64.0 Å². The molecule has 3 aromatic rings. The van der Waals surface area contributed by atoms with Gasteiger partial charge in [-0.05, 0) is 50.6 Å².